The summed E-state index contributed by atoms with van der Waals surface area (Å²) in [5, 5.41) is 10.5. The average Bonchev–Trinajstić information content (AvgIpc) is 3.31. The maximum absolute atomic E-state index is 12.0. The number of hydrogen-bond acceptors (Lipinski definition) is 7. The Morgan fingerprint density at radius 1 is 1.23 bits per heavy atom. The van der Waals surface area contributed by atoms with E-state index in [9.17, 15) is 9.59 Å². The second kappa shape index (κ2) is 8.31. The monoisotopic (exact) mass is 411 g/mol. The van der Waals surface area contributed by atoms with Crippen LogP contribution in [0.25, 0.3) is 11.5 Å². The first-order valence-corrected chi connectivity index (χ1v) is 8.97. The van der Waals surface area contributed by atoms with E-state index in [1.807, 2.05) is 16.8 Å². The molecule has 2 heterocycles. The Morgan fingerprint density at radius 3 is 2.81 bits per heavy atom. The lowest BCUT2D eigenvalue weighted by molar-refractivity contribution is -0.143. The molecule has 1 amide bonds. The van der Waals surface area contributed by atoms with Crippen molar-refractivity contribution in [3.05, 3.63) is 56.5 Å². The molecule has 134 valence electrons. The summed E-state index contributed by atoms with van der Waals surface area (Å²) in [6.45, 7) is -0.469. The highest BCUT2D eigenvalue weighted by Crippen LogP contribution is 2.22. The van der Waals surface area contributed by atoms with Crippen LogP contribution in [-0.2, 0) is 16.1 Å². The van der Waals surface area contributed by atoms with Gasteiger partial charge in [0.1, 0.15) is 6.54 Å². The average molecular weight is 412 g/mol. The third-order valence-electron chi connectivity index (χ3n) is 3.17. The number of esters is 1. The fourth-order valence-corrected chi connectivity index (χ4v) is 2.83. The number of nitrogens with zero attached hydrogens (tertiary/aromatic N) is 2. The SMILES string of the molecule is O=C(CNC(=O)c1ccc(Cl)c(Cl)c1)OCc1noc(-c2ccsc2)n1. The van der Waals surface area contributed by atoms with Crippen LogP contribution in [0, 0.1) is 0 Å². The Balaban J connectivity index is 1.47. The largest absolute Gasteiger partial charge is 0.456 e. The predicted molar refractivity (Wildman–Crippen MR) is 96.2 cm³/mol. The van der Waals surface area contributed by atoms with Crippen LogP contribution in [0.5, 0.6) is 0 Å². The van der Waals surface area contributed by atoms with Gasteiger partial charge in [0.05, 0.1) is 15.6 Å². The smallest absolute Gasteiger partial charge is 0.325 e. The standard InChI is InChI=1S/C16H11Cl2N3O4S/c17-11-2-1-9(5-12(11)18)15(23)19-6-14(22)24-7-13-20-16(25-21-13)10-3-4-26-8-10/h1-5,8H,6-7H2,(H,19,23). The van der Waals surface area contributed by atoms with Crippen molar-refractivity contribution < 1.29 is 18.8 Å². The lowest BCUT2D eigenvalue weighted by Crippen LogP contribution is -2.30. The van der Waals surface area contributed by atoms with E-state index in [1.54, 1.807) is 0 Å². The minimum atomic E-state index is -0.639. The first-order valence-electron chi connectivity index (χ1n) is 7.27. The minimum Gasteiger partial charge on any atom is -0.456 e. The van der Waals surface area contributed by atoms with Crippen molar-refractivity contribution in [2.24, 2.45) is 0 Å². The van der Waals surface area contributed by atoms with Gasteiger partial charge in [0.25, 0.3) is 11.8 Å². The molecule has 0 saturated carbocycles. The summed E-state index contributed by atoms with van der Waals surface area (Å²) in [6.07, 6.45) is 0. The molecule has 2 aromatic heterocycles. The molecule has 0 aliphatic carbocycles. The van der Waals surface area contributed by atoms with Crippen LogP contribution in [0.2, 0.25) is 10.0 Å². The van der Waals surface area contributed by atoms with Crippen LogP contribution in [0.3, 0.4) is 0 Å². The van der Waals surface area contributed by atoms with Gasteiger partial charge >= 0.3 is 5.97 Å². The normalized spacial score (nSPS) is 10.5. The molecule has 0 atom stereocenters. The lowest BCUT2D eigenvalue weighted by Gasteiger charge is -2.06. The van der Waals surface area contributed by atoms with E-state index in [0.29, 0.717) is 10.9 Å². The quantitative estimate of drug-likeness (QED) is 0.622. The molecule has 0 fully saturated rings. The zero-order valence-electron chi connectivity index (χ0n) is 13.1. The molecule has 0 unspecified atom stereocenters. The highest BCUT2D eigenvalue weighted by molar-refractivity contribution is 7.08. The van der Waals surface area contributed by atoms with E-state index in [1.165, 1.54) is 29.5 Å². The number of thiophene rings is 1. The fourth-order valence-electron chi connectivity index (χ4n) is 1.90. The van der Waals surface area contributed by atoms with Crippen molar-refractivity contribution in [1.82, 2.24) is 15.5 Å². The molecule has 1 N–H and O–H groups in total. The summed E-state index contributed by atoms with van der Waals surface area (Å²) in [7, 11) is 0. The number of nitrogens with one attached hydrogen (secondary N) is 1. The number of rotatable bonds is 6. The van der Waals surface area contributed by atoms with E-state index in [4.69, 9.17) is 32.5 Å². The topological polar surface area (TPSA) is 94.3 Å². The van der Waals surface area contributed by atoms with Gasteiger partial charge in [-0.2, -0.15) is 16.3 Å². The highest BCUT2D eigenvalue weighted by atomic mass is 35.5. The Kier molecular flexibility index (Phi) is 5.87. The van der Waals surface area contributed by atoms with Gasteiger partial charge in [0, 0.05) is 10.9 Å². The molecule has 0 bridgehead atoms. The Bertz CT molecular complexity index is 927. The second-order valence-electron chi connectivity index (χ2n) is 5.00. The van der Waals surface area contributed by atoms with Crippen molar-refractivity contribution in [3.8, 4) is 11.5 Å². The Morgan fingerprint density at radius 2 is 2.08 bits per heavy atom. The van der Waals surface area contributed by atoms with Gasteiger partial charge in [-0.1, -0.05) is 28.4 Å². The summed E-state index contributed by atoms with van der Waals surface area (Å²) in [5.41, 5.74) is 1.08. The van der Waals surface area contributed by atoms with Gasteiger partial charge in [-0.25, -0.2) is 0 Å². The molecule has 0 aliphatic rings. The third-order valence-corrected chi connectivity index (χ3v) is 4.60. The molecule has 3 aromatic rings. The number of ether oxygens (including phenoxy) is 1. The van der Waals surface area contributed by atoms with E-state index in [0.717, 1.165) is 5.56 Å². The molecule has 0 spiro atoms. The minimum absolute atomic E-state index is 0.158. The first kappa shape index (κ1) is 18.4. The number of aromatic nitrogens is 2. The fraction of sp³-hybridized carbons (Fsp3) is 0.125. The van der Waals surface area contributed by atoms with Gasteiger partial charge in [-0.15, -0.1) is 0 Å². The molecule has 7 nitrogen and oxygen atoms in total. The zero-order valence-corrected chi connectivity index (χ0v) is 15.4. The maximum Gasteiger partial charge on any atom is 0.325 e. The van der Waals surface area contributed by atoms with Crippen LogP contribution in [0.15, 0.2) is 39.5 Å². The maximum atomic E-state index is 12.0. The Hall–Kier alpha value is -2.42. The van der Waals surface area contributed by atoms with Gasteiger partial charge < -0.3 is 14.6 Å². The van der Waals surface area contributed by atoms with Gasteiger partial charge in [-0.3, -0.25) is 9.59 Å². The first-order chi connectivity index (χ1) is 12.5. The molecule has 10 heteroatoms. The summed E-state index contributed by atoms with van der Waals surface area (Å²) >= 11 is 13.1. The van der Waals surface area contributed by atoms with Gasteiger partial charge in [-0.05, 0) is 29.6 Å². The number of halogens is 2. The van der Waals surface area contributed by atoms with E-state index >= 15 is 0 Å². The number of hydrogen-bond donors (Lipinski definition) is 1. The van der Waals surface area contributed by atoms with E-state index in [-0.39, 0.29) is 29.6 Å². The van der Waals surface area contributed by atoms with Crippen LogP contribution in [0.4, 0.5) is 0 Å². The van der Waals surface area contributed by atoms with E-state index < -0.39 is 11.9 Å². The molecule has 0 saturated heterocycles. The lowest BCUT2D eigenvalue weighted by atomic mass is 10.2. The zero-order chi connectivity index (χ0) is 18.5. The molecular weight excluding hydrogens is 401 g/mol. The molecule has 0 radical (unpaired) electrons. The van der Waals surface area contributed by atoms with Crippen molar-refractivity contribution in [2.75, 3.05) is 6.54 Å². The van der Waals surface area contributed by atoms with E-state index in [2.05, 4.69) is 15.5 Å². The van der Waals surface area contributed by atoms with Crippen LogP contribution in [-0.4, -0.2) is 28.6 Å². The molecule has 0 aliphatic heterocycles. The molecule has 1 aromatic carbocycles. The van der Waals surface area contributed by atoms with Crippen molar-refractivity contribution in [2.45, 2.75) is 6.61 Å². The van der Waals surface area contributed by atoms with Crippen LogP contribution < -0.4 is 5.32 Å². The number of carbonyl (C=O) groups is 2. The second-order valence-corrected chi connectivity index (χ2v) is 6.59. The number of amides is 1. The molecule has 26 heavy (non-hydrogen) atoms. The number of benzene rings is 1. The van der Waals surface area contributed by atoms with Crippen LogP contribution >= 0.6 is 34.5 Å². The summed E-state index contributed by atoms with van der Waals surface area (Å²) in [5.74, 6) is -0.527. The highest BCUT2D eigenvalue weighted by Gasteiger charge is 2.13. The Labute approximate surface area is 161 Å². The molecule has 3 rings (SSSR count). The van der Waals surface area contributed by atoms with Gasteiger partial charge in [0.2, 0.25) is 5.82 Å². The van der Waals surface area contributed by atoms with Crippen molar-refractivity contribution in [1.29, 1.82) is 0 Å². The summed E-state index contributed by atoms with van der Waals surface area (Å²) < 4.78 is 10.1. The third kappa shape index (κ3) is 4.60. The number of carbonyl (C=O) groups excluding carboxylic acids is 2. The van der Waals surface area contributed by atoms with Crippen LogP contribution in [0.1, 0.15) is 16.2 Å². The summed E-state index contributed by atoms with van der Waals surface area (Å²) in [4.78, 5) is 27.8. The van der Waals surface area contributed by atoms with Gasteiger partial charge in [0.15, 0.2) is 6.61 Å². The summed E-state index contributed by atoms with van der Waals surface area (Å²) in [6, 6.07) is 6.25. The van der Waals surface area contributed by atoms with Crippen molar-refractivity contribution >= 4 is 46.4 Å². The van der Waals surface area contributed by atoms with Crippen molar-refractivity contribution in [3.63, 3.8) is 0 Å². The molecular formula is C16H11Cl2N3O4S. The predicted octanol–water partition coefficient (Wildman–Crippen LogP) is 3.58.